The zero-order chi connectivity index (χ0) is 22.2. The highest BCUT2D eigenvalue weighted by molar-refractivity contribution is 5.66. The molecule has 0 spiro atoms. The van der Waals surface area contributed by atoms with Crippen molar-refractivity contribution in [3.8, 4) is 16.9 Å². The van der Waals surface area contributed by atoms with Crippen LogP contribution in [0.25, 0.3) is 11.1 Å². The number of benzene rings is 2. The minimum Gasteiger partial charge on any atom is -0.435 e. The van der Waals surface area contributed by atoms with E-state index in [4.69, 9.17) is 5.73 Å². The number of ether oxygens (including phenoxy) is 1. The molecule has 0 saturated heterocycles. The van der Waals surface area contributed by atoms with E-state index in [9.17, 15) is 13.2 Å². The molecule has 2 heterocycles. The van der Waals surface area contributed by atoms with E-state index in [1.165, 1.54) is 12.3 Å². The van der Waals surface area contributed by atoms with Gasteiger partial charge in [0.2, 0.25) is 5.95 Å². The molecule has 0 amide bonds. The van der Waals surface area contributed by atoms with Crippen molar-refractivity contribution in [2.24, 2.45) is 5.73 Å². The molecule has 31 heavy (non-hydrogen) atoms. The Kier molecular flexibility index (Phi) is 5.35. The van der Waals surface area contributed by atoms with Gasteiger partial charge in [-0.05, 0) is 65.9 Å². The number of aryl methyl sites for hydroxylation is 2. The van der Waals surface area contributed by atoms with Gasteiger partial charge >= 0.3 is 6.61 Å². The van der Waals surface area contributed by atoms with Crippen molar-refractivity contribution in [1.82, 2.24) is 10.3 Å². The number of nitrogens with one attached hydrogen (secondary N) is 1. The molecular weight excluding hydrogens is 403 g/mol. The topological polar surface area (TPSA) is 60.2 Å². The minimum absolute atomic E-state index is 0.124. The molecule has 3 N–H and O–H groups in total. The third-order valence-electron chi connectivity index (χ3n) is 5.54. The number of halogens is 3. The predicted molar refractivity (Wildman–Crippen MR) is 113 cm³/mol. The summed E-state index contributed by atoms with van der Waals surface area (Å²) in [5.41, 5.74) is 9.71. The summed E-state index contributed by atoms with van der Waals surface area (Å²) in [4.78, 5) is 3.83. The van der Waals surface area contributed by atoms with Crippen molar-refractivity contribution < 1.29 is 17.9 Å². The summed E-state index contributed by atoms with van der Waals surface area (Å²) in [6.07, 6.45) is 3.39. The Balaban J connectivity index is 1.83. The molecule has 1 atom stereocenters. The number of nitrogens with zero attached hydrogens (tertiary/aromatic N) is 1. The van der Waals surface area contributed by atoms with E-state index < -0.39 is 18.0 Å². The summed E-state index contributed by atoms with van der Waals surface area (Å²) in [5, 5.41) is 3.15. The van der Waals surface area contributed by atoms with Gasteiger partial charge in [-0.2, -0.15) is 13.2 Å². The largest absolute Gasteiger partial charge is 0.435 e. The second-order valence-corrected chi connectivity index (χ2v) is 7.72. The number of hydrogen-bond acceptors (Lipinski definition) is 4. The van der Waals surface area contributed by atoms with Gasteiger partial charge < -0.3 is 15.8 Å². The van der Waals surface area contributed by atoms with Crippen LogP contribution in [0.5, 0.6) is 5.75 Å². The summed E-state index contributed by atoms with van der Waals surface area (Å²) < 4.78 is 44.3. The number of alkyl halides is 2. The Hall–Kier alpha value is -3.48. The highest BCUT2D eigenvalue weighted by Gasteiger charge is 2.37. The van der Waals surface area contributed by atoms with Crippen LogP contribution in [-0.2, 0) is 5.41 Å². The molecule has 0 bridgehead atoms. The molecule has 0 aliphatic carbocycles. The lowest BCUT2D eigenvalue weighted by Crippen LogP contribution is -2.31. The molecule has 4 rings (SSSR count). The molecule has 0 fully saturated rings. The number of aromatic nitrogens is 1. The van der Waals surface area contributed by atoms with E-state index in [1.807, 2.05) is 43.3 Å². The lowest BCUT2D eigenvalue weighted by molar-refractivity contribution is -0.0503. The fourth-order valence-corrected chi connectivity index (χ4v) is 4.02. The Bertz CT molecular complexity index is 1160. The number of nitrogens with two attached hydrogens (primary N) is 1. The maximum absolute atomic E-state index is 14.4. The second kappa shape index (κ2) is 7.98. The van der Waals surface area contributed by atoms with Crippen molar-refractivity contribution in [2.45, 2.75) is 25.9 Å². The highest BCUT2D eigenvalue weighted by atomic mass is 19.3. The van der Waals surface area contributed by atoms with Crippen LogP contribution in [0.4, 0.5) is 13.2 Å². The van der Waals surface area contributed by atoms with Gasteiger partial charge in [-0.1, -0.05) is 30.3 Å². The van der Waals surface area contributed by atoms with Crippen LogP contribution >= 0.6 is 0 Å². The lowest BCUT2D eigenvalue weighted by atomic mass is 9.74. The molecule has 2 aromatic carbocycles. The summed E-state index contributed by atoms with van der Waals surface area (Å²) in [6.45, 7) is 1.16. The fourth-order valence-electron chi connectivity index (χ4n) is 4.02. The van der Waals surface area contributed by atoms with Gasteiger partial charge in [-0.15, -0.1) is 0 Å². The van der Waals surface area contributed by atoms with Crippen LogP contribution in [0.1, 0.15) is 22.3 Å². The molecule has 1 aliphatic rings. The van der Waals surface area contributed by atoms with Crippen molar-refractivity contribution in [1.29, 1.82) is 0 Å². The van der Waals surface area contributed by atoms with Crippen LogP contribution in [0.3, 0.4) is 0 Å². The average Bonchev–Trinajstić information content (AvgIpc) is 3.14. The van der Waals surface area contributed by atoms with Crippen molar-refractivity contribution in [3.05, 3.63) is 94.8 Å². The summed E-state index contributed by atoms with van der Waals surface area (Å²) in [7, 11) is 0. The van der Waals surface area contributed by atoms with E-state index in [2.05, 4.69) is 15.0 Å². The number of pyridine rings is 1. The first-order valence-electron chi connectivity index (χ1n) is 9.80. The summed E-state index contributed by atoms with van der Waals surface area (Å²) in [6, 6.07) is 14.4. The first-order valence-corrected chi connectivity index (χ1v) is 9.80. The Morgan fingerprint density at radius 1 is 1.10 bits per heavy atom. The smallest absolute Gasteiger partial charge is 0.387 e. The first kappa shape index (κ1) is 20.8. The highest BCUT2D eigenvalue weighted by Crippen LogP contribution is 2.40. The van der Waals surface area contributed by atoms with E-state index in [-0.39, 0.29) is 5.75 Å². The van der Waals surface area contributed by atoms with Crippen LogP contribution in [0.2, 0.25) is 0 Å². The normalized spacial score (nSPS) is 18.1. The van der Waals surface area contributed by atoms with Gasteiger partial charge in [0, 0.05) is 18.3 Å². The number of hydrogen-bond donors (Lipinski definition) is 2. The molecule has 1 aliphatic heterocycles. The van der Waals surface area contributed by atoms with E-state index in [0.29, 0.717) is 29.1 Å². The molecule has 160 valence electrons. The van der Waals surface area contributed by atoms with E-state index in [0.717, 1.165) is 16.7 Å². The second-order valence-electron chi connectivity index (χ2n) is 7.72. The zero-order valence-corrected chi connectivity index (χ0v) is 17.1. The molecule has 0 radical (unpaired) electrons. The maximum Gasteiger partial charge on any atom is 0.387 e. The van der Waals surface area contributed by atoms with Crippen molar-refractivity contribution in [3.63, 3.8) is 0 Å². The lowest BCUT2D eigenvalue weighted by Gasteiger charge is -2.29. The standard InChI is InChI=1S/C24H22F3N3O/c1-14-8-19(22(25)29-12-14)16-4-3-5-17(10-16)24(11-21(28)30-13-24)18-6-7-20(15(2)9-18)31-23(26)27/h3-12,23,30H,13,28H2,1-2H3. The summed E-state index contributed by atoms with van der Waals surface area (Å²) in [5.74, 6) is 0.0959. The van der Waals surface area contributed by atoms with Crippen molar-refractivity contribution in [2.75, 3.05) is 6.54 Å². The van der Waals surface area contributed by atoms with Crippen molar-refractivity contribution >= 4 is 0 Å². The van der Waals surface area contributed by atoms with Gasteiger partial charge in [0.05, 0.1) is 11.2 Å². The first-order chi connectivity index (χ1) is 14.8. The molecular formula is C24H22F3N3O. The van der Waals surface area contributed by atoms with Crippen LogP contribution in [-0.4, -0.2) is 18.1 Å². The molecule has 3 aromatic rings. The Morgan fingerprint density at radius 2 is 1.87 bits per heavy atom. The SMILES string of the molecule is Cc1cnc(F)c(-c2cccc(C3(c4ccc(OC(F)F)c(C)c4)C=C(N)NC3)c2)c1. The van der Waals surface area contributed by atoms with Crippen LogP contribution in [0.15, 0.2) is 66.6 Å². The Labute approximate surface area is 178 Å². The monoisotopic (exact) mass is 425 g/mol. The van der Waals surface area contributed by atoms with Crippen LogP contribution < -0.4 is 15.8 Å². The third-order valence-corrected chi connectivity index (χ3v) is 5.54. The molecule has 4 nitrogen and oxygen atoms in total. The van der Waals surface area contributed by atoms with Crippen LogP contribution in [0, 0.1) is 19.8 Å². The predicted octanol–water partition coefficient (Wildman–Crippen LogP) is 4.80. The minimum atomic E-state index is -2.89. The van der Waals surface area contributed by atoms with E-state index in [1.54, 1.807) is 19.1 Å². The quantitative estimate of drug-likeness (QED) is 0.577. The number of rotatable bonds is 5. The van der Waals surface area contributed by atoms with Gasteiger partial charge in [0.15, 0.2) is 0 Å². The van der Waals surface area contributed by atoms with Gasteiger partial charge in [0.1, 0.15) is 5.75 Å². The molecule has 1 unspecified atom stereocenters. The maximum atomic E-state index is 14.4. The molecule has 0 saturated carbocycles. The van der Waals surface area contributed by atoms with Gasteiger partial charge in [-0.3, -0.25) is 0 Å². The third kappa shape index (κ3) is 3.95. The average molecular weight is 425 g/mol. The Morgan fingerprint density at radius 3 is 2.55 bits per heavy atom. The van der Waals surface area contributed by atoms with E-state index >= 15 is 0 Å². The zero-order valence-electron chi connectivity index (χ0n) is 17.1. The van der Waals surface area contributed by atoms with Gasteiger partial charge in [0.25, 0.3) is 0 Å². The molecule has 7 heteroatoms. The molecule has 1 aromatic heterocycles. The summed E-state index contributed by atoms with van der Waals surface area (Å²) >= 11 is 0. The fraction of sp³-hybridized carbons (Fsp3) is 0.208. The van der Waals surface area contributed by atoms with Gasteiger partial charge in [-0.25, -0.2) is 4.98 Å².